The van der Waals surface area contributed by atoms with Gasteiger partial charge in [-0.25, -0.2) is 0 Å². The second kappa shape index (κ2) is 15.9. The van der Waals surface area contributed by atoms with Gasteiger partial charge in [0, 0.05) is 0 Å². The molecule has 0 saturated carbocycles. The van der Waals surface area contributed by atoms with Crippen molar-refractivity contribution in [1.82, 2.24) is 0 Å². The maximum absolute atomic E-state index is 4.82. The lowest BCUT2D eigenvalue weighted by molar-refractivity contribution is 1.62. The molecule has 0 N–H and O–H groups in total. The highest BCUT2D eigenvalue weighted by Crippen LogP contribution is 2.45. The summed E-state index contributed by atoms with van der Waals surface area (Å²) in [5, 5.41) is 10.1. The molecule has 0 heteroatoms. The van der Waals surface area contributed by atoms with Crippen LogP contribution in [0.15, 0.2) is 182 Å². The van der Waals surface area contributed by atoms with Gasteiger partial charge in [0.25, 0.3) is 0 Å². The van der Waals surface area contributed by atoms with Crippen LogP contribution in [0.5, 0.6) is 0 Å². The molecule has 0 bridgehead atoms. The summed E-state index contributed by atoms with van der Waals surface area (Å²) in [5.74, 6) is 17.0. The zero-order valence-electron chi connectivity index (χ0n) is 30.4. The molecule has 9 aromatic rings. The standard InChI is InChI=1S/C46H30.C9H4/c1-2-14-32(15-3-1)37-27-28-38(40-20-7-6-19-39(37)40)34-17-12-18-35(30-34)45-41-21-8-10-23-43(41)46(44-24-11-9-22-42(44)45)36-26-25-31-13-4-5-16-33(31)29-36;1-3-5-7-9-8-6-4-2/h1-30H;1H,2H3. The maximum atomic E-state index is 4.82. The predicted molar refractivity (Wildman–Crippen MR) is 236 cm³/mol. The first-order valence-electron chi connectivity index (χ1n) is 18.2. The van der Waals surface area contributed by atoms with Crippen LogP contribution in [0, 0.1) is 47.9 Å². The molecule has 0 heterocycles. The Morgan fingerprint density at radius 1 is 0.327 bits per heavy atom. The van der Waals surface area contributed by atoms with Gasteiger partial charge in [0.2, 0.25) is 0 Å². The smallest absolute Gasteiger partial charge is 0.0000348 e. The molecule has 0 nitrogen and oxygen atoms in total. The zero-order chi connectivity index (χ0) is 37.4. The van der Waals surface area contributed by atoms with Gasteiger partial charge in [0.1, 0.15) is 0 Å². The van der Waals surface area contributed by atoms with E-state index in [-0.39, 0.29) is 0 Å². The highest BCUT2D eigenvalue weighted by Gasteiger charge is 2.18. The molecule has 0 spiro atoms. The van der Waals surface area contributed by atoms with Crippen LogP contribution < -0.4 is 0 Å². The molecule has 9 aromatic carbocycles. The Bertz CT molecular complexity index is 3060. The Morgan fingerprint density at radius 2 is 0.782 bits per heavy atom. The summed E-state index contributed by atoms with van der Waals surface area (Å²) >= 11 is 0. The summed E-state index contributed by atoms with van der Waals surface area (Å²) in [5.41, 5.74) is 10.0. The van der Waals surface area contributed by atoms with Gasteiger partial charge >= 0.3 is 0 Å². The van der Waals surface area contributed by atoms with Crippen molar-refractivity contribution < 1.29 is 0 Å². The van der Waals surface area contributed by atoms with Gasteiger partial charge in [-0.05, 0) is 142 Å². The Balaban J connectivity index is 0.000000425. The van der Waals surface area contributed by atoms with Gasteiger partial charge < -0.3 is 0 Å². The highest BCUT2D eigenvalue weighted by atomic mass is 14.2. The summed E-state index contributed by atoms with van der Waals surface area (Å²) in [7, 11) is 0. The van der Waals surface area contributed by atoms with Crippen LogP contribution in [0.1, 0.15) is 6.92 Å². The van der Waals surface area contributed by atoms with Crippen LogP contribution in [0.3, 0.4) is 0 Å². The molecule has 0 amide bonds. The number of rotatable bonds is 4. The summed E-state index contributed by atoms with van der Waals surface area (Å²) < 4.78 is 0. The third-order valence-corrected chi connectivity index (χ3v) is 9.89. The molecule has 0 atom stereocenters. The average molecular weight is 695 g/mol. The van der Waals surface area contributed by atoms with Crippen LogP contribution in [0.4, 0.5) is 0 Å². The minimum absolute atomic E-state index is 1.22. The Labute approximate surface area is 323 Å². The molecular weight excluding hydrogens is 661 g/mol. The van der Waals surface area contributed by atoms with Crippen molar-refractivity contribution >= 4 is 43.1 Å². The van der Waals surface area contributed by atoms with Gasteiger partial charge in [-0.3, -0.25) is 0 Å². The molecule has 0 unspecified atom stereocenters. The molecule has 0 aromatic heterocycles. The molecule has 254 valence electrons. The zero-order valence-corrected chi connectivity index (χ0v) is 30.4. The van der Waals surface area contributed by atoms with E-state index in [0.717, 1.165) is 0 Å². The molecule has 0 saturated heterocycles. The normalized spacial score (nSPS) is 10.2. The molecule has 0 aliphatic heterocycles. The lowest BCUT2D eigenvalue weighted by atomic mass is 9.84. The first kappa shape index (κ1) is 34.4. The molecule has 0 aliphatic rings. The van der Waals surface area contributed by atoms with Gasteiger partial charge in [-0.1, -0.05) is 176 Å². The van der Waals surface area contributed by atoms with Gasteiger partial charge in [-0.2, -0.15) is 0 Å². The molecular formula is C55H34. The summed E-state index contributed by atoms with van der Waals surface area (Å²) in [4.78, 5) is 0. The van der Waals surface area contributed by atoms with E-state index in [1.54, 1.807) is 6.92 Å². The Hall–Kier alpha value is -7.74. The summed E-state index contributed by atoms with van der Waals surface area (Å²) in [6.45, 7) is 1.71. The second-order valence-corrected chi connectivity index (χ2v) is 13.1. The predicted octanol–water partition coefficient (Wildman–Crippen LogP) is 13.6. The van der Waals surface area contributed by atoms with Crippen molar-refractivity contribution in [3.8, 4) is 92.4 Å². The van der Waals surface area contributed by atoms with Gasteiger partial charge in [0.15, 0.2) is 0 Å². The largest absolute Gasteiger partial charge is 0.106 e. The van der Waals surface area contributed by atoms with E-state index in [4.69, 9.17) is 6.42 Å². The minimum Gasteiger partial charge on any atom is -0.106 e. The van der Waals surface area contributed by atoms with Crippen LogP contribution >= 0.6 is 0 Å². The lowest BCUT2D eigenvalue weighted by Crippen LogP contribution is -1.91. The van der Waals surface area contributed by atoms with E-state index in [9.17, 15) is 0 Å². The first-order chi connectivity index (χ1) is 27.2. The van der Waals surface area contributed by atoms with E-state index in [2.05, 4.69) is 223 Å². The van der Waals surface area contributed by atoms with E-state index in [1.165, 1.54) is 87.6 Å². The summed E-state index contributed by atoms with van der Waals surface area (Å²) in [6.07, 6.45) is 4.82. The molecule has 0 aliphatic carbocycles. The highest BCUT2D eigenvalue weighted by molar-refractivity contribution is 6.22. The fraction of sp³-hybridized carbons (Fsp3) is 0.0182. The fourth-order valence-electron chi connectivity index (χ4n) is 7.55. The van der Waals surface area contributed by atoms with Crippen molar-refractivity contribution in [3.63, 3.8) is 0 Å². The Kier molecular flexibility index (Phi) is 9.92. The van der Waals surface area contributed by atoms with E-state index in [1.807, 2.05) is 0 Å². The van der Waals surface area contributed by atoms with Crippen LogP contribution in [-0.2, 0) is 0 Å². The summed E-state index contributed by atoms with van der Waals surface area (Å²) in [6, 6.07) is 66.5. The first-order valence-corrected chi connectivity index (χ1v) is 18.2. The van der Waals surface area contributed by atoms with Crippen LogP contribution in [0.25, 0.3) is 87.6 Å². The van der Waals surface area contributed by atoms with Crippen LogP contribution in [0.2, 0.25) is 0 Å². The molecule has 55 heavy (non-hydrogen) atoms. The number of terminal acetylenes is 1. The van der Waals surface area contributed by atoms with Crippen molar-refractivity contribution in [1.29, 1.82) is 0 Å². The minimum atomic E-state index is 1.22. The molecule has 9 rings (SSSR count). The van der Waals surface area contributed by atoms with Gasteiger partial charge in [0.05, 0.1) is 0 Å². The average Bonchev–Trinajstić information content (AvgIpc) is 3.25. The maximum Gasteiger partial charge on any atom is -0.0000348 e. The number of hydrogen-bond donors (Lipinski definition) is 0. The topological polar surface area (TPSA) is 0 Å². The quantitative estimate of drug-likeness (QED) is 0.127. The van der Waals surface area contributed by atoms with Crippen molar-refractivity contribution in [2.45, 2.75) is 6.92 Å². The number of fused-ring (bicyclic) bond motifs is 4. The SMILES string of the molecule is C#CC#CC#CC#CC.c1ccc(-c2ccc(-c3cccc(-c4c5ccccc5c(-c5ccc6ccccc6c5)c5ccccc45)c3)c3ccccc23)cc1. The van der Waals surface area contributed by atoms with Crippen molar-refractivity contribution in [2.24, 2.45) is 0 Å². The molecule has 0 radical (unpaired) electrons. The second-order valence-electron chi connectivity index (χ2n) is 13.1. The fourth-order valence-corrected chi connectivity index (χ4v) is 7.55. The molecule has 0 fully saturated rings. The number of hydrogen-bond acceptors (Lipinski definition) is 0. The van der Waals surface area contributed by atoms with E-state index in [0.29, 0.717) is 0 Å². The van der Waals surface area contributed by atoms with Crippen molar-refractivity contribution in [2.75, 3.05) is 0 Å². The number of benzene rings is 9. The third-order valence-electron chi connectivity index (χ3n) is 9.89. The van der Waals surface area contributed by atoms with E-state index < -0.39 is 0 Å². The monoisotopic (exact) mass is 694 g/mol. The van der Waals surface area contributed by atoms with Crippen LogP contribution in [-0.4, -0.2) is 0 Å². The van der Waals surface area contributed by atoms with Crippen molar-refractivity contribution in [3.05, 3.63) is 182 Å². The lowest BCUT2D eigenvalue weighted by Gasteiger charge is -2.19. The van der Waals surface area contributed by atoms with Gasteiger partial charge in [-0.15, -0.1) is 6.42 Å². The third kappa shape index (κ3) is 6.94. The Morgan fingerprint density at radius 3 is 1.38 bits per heavy atom. The van der Waals surface area contributed by atoms with E-state index >= 15 is 0 Å².